The van der Waals surface area contributed by atoms with Crippen molar-refractivity contribution in [3.8, 4) is 0 Å². The molecular formula is C17H15F4N5O. The highest BCUT2D eigenvalue weighted by Crippen LogP contribution is 2.36. The van der Waals surface area contributed by atoms with E-state index in [9.17, 15) is 22.7 Å². The summed E-state index contributed by atoms with van der Waals surface area (Å²) >= 11 is 0. The highest BCUT2D eigenvalue weighted by atomic mass is 19.4. The Balaban J connectivity index is 1.72. The summed E-state index contributed by atoms with van der Waals surface area (Å²) in [7, 11) is 0. The highest BCUT2D eigenvalue weighted by molar-refractivity contribution is 5.50. The maximum Gasteiger partial charge on any atom is 0.433 e. The predicted octanol–water partition coefficient (Wildman–Crippen LogP) is 2.98. The van der Waals surface area contributed by atoms with Crippen LogP contribution in [0.4, 0.5) is 23.4 Å². The Bertz CT molecular complexity index is 952. The number of alkyl halides is 3. The van der Waals surface area contributed by atoms with Gasteiger partial charge in [0.05, 0.1) is 6.10 Å². The van der Waals surface area contributed by atoms with Crippen molar-refractivity contribution in [1.82, 2.24) is 19.6 Å². The van der Waals surface area contributed by atoms with E-state index in [1.54, 1.807) is 4.90 Å². The molecule has 0 aliphatic heterocycles. The first-order valence-electron chi connectivity index (χ1n) is 8.31. The zero-order chi connectivity index (χ0) is 19.2. The third-order valence-electron chi connectivity index (χ3n) is 4.43. The topological polar surface area (TPSA) is 66.5 Å². The third kappa shape index (κ3) is 3.57. The lowest BCUT2D eigenvalue weighted by atomic mass is 10.1. The van der Waals surface area contributed by atoms with E-state index in [2.05, 4.69) is 15.1 Å². The fraction of sp³-hybridized carbons (Fsp3) is 0.353. The summed E-state index contributed by atoms with van der Waals surface area (Å²) < 4.78 is 54.0. The zero-order valence-corrected chi connectivity index (χ0v) is 13.9. The van der Waals surface area contributed by atoms with E-state index in [0.29, 0.717) is 5.56 Å². The monoisotopic (exact) mass is 381 g/mol. The first-order valence-corrected chi connectivity index (χ1v) is 8.31. The lowest BCUT2D eigenvalue weighted by Gasteiger charge is -2.28. The molecule has 0 amide bonds. The molecule has 1 atom stereocenters. The van der Waals surface area contributed by atoms with Crippen LogP contribution in [0.25, 0.3) is 5.78 Å². The standard InChI is InChI=1S/C17H15F4N5O/c18-11-3-1-10(2-4-11)13(27)8-25(12-5-6-12)15-7-14(17(19,20)21)24-16-22-9-23-26(15)16/h1-4,7,9,12-13,27H,5-6,8H2/t13-/m0/s1. The SMILES string of the molecule is O[C@@H](CN(c1cc(C(F)(F)F)nc2ncnn12)C1CC1)c1ccc(F)cc1. The van der Waals surface area contributed by atoms with Gasteiger partial charge in [0.15, 0.2) is 5.69 Å². The van der Waals surface area contributed by atoms with E-state index in [1.165, 1.54) is 28.8 Å². The van der Waals surface area contributed by atoms with Crippen LogP contribution in [0.3, 0.4) is 0 Å². The van der Waals surface area contributed by atoms with Gasteiger partial charge in [-0.2, -0.15) is 27.8 Å². The Hall–Kier alpha value is -2.75. The molecule has 1 aliphatic rings. The molecule has 0 unspecified atom stereocenters. The largest absolute Gasteiger partial charge is 0.433 e. The molecule has 142 valence electrons. The molecule has 0 spiro atoms. The second-order valence-corrected chi connectivity index (χ2v) is 6.42. The Labute approximate surface area is 151 Å². The lowest BCUT2D eigenvalue weighted by Crippen LogP contribution is -2.33. The molecule has 0 radical (unpaired) electrons. The molecular weight excluding hydrogens is 366 g/mol. The number of hydrogen-bond donors (Lipinski definition) is 1. The summed E-state index contributed by atoms with van der Waals surface area (Å²) in [5.74, 6) is -0.437. The lowest BCUT2D eigenvalue weighted by molar-refractivity contribution is -0.141. The van der Waals surface area contributed by atoms with Crippen LogP contribution in [0.2, 0.25) is 0 Å². The molecule has 0 saturated heterocycles. The maximum atomic E-state index is 13.2. The second-order valence-electron chi connectivity index (χ2n) is 6.42. The second kappa shape index (κ2) is 6.45. The minimum atomic E-state index is -4.63. The van der Waals surface area contributed by atoms with Gasteiger partial charge in [0, 0.05) is 18.7 Å². The van der Waals surface area contributed by atoms with Gasteiger partial charge in [0.1, 0.15) is 18.0 Å². The van der Waals surface area contributed by atoms with Crippen LogP contribution in [0.5, 0.6) is 0 Å². The summed E-state index contributed by atoms with van der Waals surface area (Å²) in [6, 6.07) is 6.24. The van der Waals surface area contributed by atoms with Gasteiger partial charge in [-0.3, -0.25) is 0 Å². The van der Waals surface area contributed by atoms with Gasteiger partial charge in [0.25, 0.3) is 5.78 Å². The normalized spacial score (nSPS) is 15.9. The number of aliphatic hydroxyl groups excluding tert-OH is 1. The average Bonchev–Trinajstić information content (AvgIpc) is 3.35. The van der Waals surface area contributed by atoms with Crippen LogP contribution in [-0.2, 0) is 6.18 Å². The van der Waals surface area contributed by atoms with Crippen LogP contribution in [0, 0.1) is 5.82 Å². The number of halogens is 4. The molecule has 4 rings (SSSR count). The van der Waals surface area contributed by atoms with E-state index in [4.69, 9.17) is 0 Å². The Morgan fingerprint density at radius 1 is 1.22 bits per heavy atom. The molecule has 1 aliphatic carbocycles. The summed E-state index contributed by atoms with van der Waals surface area (Å²) in [5, 5.41) is 14.5. The van der Waals surface area contributed by atoms with E-state index in [0.717, 1.165) is 25.2 Å². The Kier molecular flexibility index (Phi) is 4.22. The van der Waals surface area contributed by atoms with Gasteiger partial charge >= 0.3 is 6.18 Å². The number of nitrogens with zero attached hydrogens (tertiary/aromatic N) is 5. The van der Waals surface area contributed by atoms with Gasteiger partial charge in [0.2, 0.25) is 0 Å². The first-order chi connectivity index (χ1) is 12.8. The molecule has 27 heavy (non-hydrogen) atoms. The Morgan fingerprint density at radius 2 is 1.93 bits per heavy atom. The van der Waals surface area contributed by atoms with Crippen LogP contribution in [0.1, 0.15) is 30.2 Å². The number of benzene rings is 1. The van der Waals surface area contributed by atoms with Crippen molar-refractivity contribution >= 4 is 11.6 Å². The first kappa shape index (κ1) is 17.7. The number of anilines is 1. The van der Waals surface area contributed by atoms with E-state index < -0.39 is 23.8 Å². The van der Waals surface area contributed by atoms with E-state index in [-0.39, 0.29) is 24.2 Å². The molecule has 0 bridgehead atoms. The molecule has 3 aromatic rings. The van der Waals surface area contributed by atoms with Gasteiger partial charge in [-0.25, -0.2) is 9.37 Å². The number of aliphatic hydroxyl groups is 1. The fourth-order valence-electron chi connectivity index (χ4n) is 2.94. The van der Waals surface area contributed by atoms with Gasteiger partial charge in [-0.15, -0.1) is 0 Å². The maximum absolute atomic E-state index is 13.2. The van der Waals surface area contributed by atoms with Crippen molar-refractivity contribution in [2.75, 3.05) is 11.4 Å². The molecule has 1 aromatic carbocycles. The molecule has 1 fully saturated rings. The number of hydrogen-bond acceptors (Lipinski definition) is 5. The highest BCUT2D eigenvalue weighted by Gasteiger charge is 2.37. The molecule has 2 heterocycles. The van der Waals surface area contributed by atoms with Crippen LogP contribution in [0.15, 0.2) is 36.7 Å². The van der Waals surface area contributed by atoms with Crippen molar-refractivity contribution in [2.24, 2.45) is 0 Å². The van der Waals surface area contributed by atoms with Crippen LogP contribution in [-0.4, -0.2) is 37.3 Å². The molecule has 6 nitrogen and oxygen atoms in total. The summed E-state index contributed by atoms with van der Waals surface area (Å²) in [6.45, 7) is 0.0343. The van der Waals surface area contributed by atoms with E-state index >= 15 is 0 Å². The summed E-state index contributed by atoms with van der Waals surface area (Å²) in [6.07, 6.45) is -2.93. The minimum Gasteiger partial charge on any atom is -0.387 e. The van der Waals surface area contributed by atoms with Crippen molar-refractivity contribution in [1.29, 1.82) is 0 Å². The molecule has 2 aromatic heterocycles. The number of rotatable bonds is 5. The average molecular weight is 381 g/mol. The molecule has 1 N–H and O–H groups in total. The molecule has 1 saturated carbocycles. The number of aromatic nitrogens is 4. The minimum absolute atomic E-state index is 0.0176. The van der Waals surface area contributed by atoms with Crippen LogP contribution >= 0.6 is 0 Å². The molecule has 10 heteroatoms. The van der Waals surface area contributed by atoms with E-state index in [1.807, 2.05) is 0 Å². The van der Waals surface area contributed by atoms with Crippen molar-refractivity contribution in [3.63, 3.8) is 0 Å². The van der Waals surface area contributed by atoms with Gasteiger partial charge in [-0.05, 0) is 30.5 Å². The van der Waals surface area contributed by atoms with Crippen molar-refractivity contribution in [3.05, 3.63) is 53.7 Å². The summed E-state index contributed by atoms with van der Waals surface area (Å²) in [4.78, 5) is 8.96. The fourth-order valence-corrected chi connectivity index (χ4v) is 2.94. The van der Waals surface area contributed by atoms with Gasteiger partial charge in [-0.1, -0.05) is 12.1 Å². The quantitative estimate of drug-likeness (QED) is 0.689. The van der Waals surface area contributed by atoms with Crippen LogP contribution < -0.4 is 4.90 Å². The smallest absolute Gasteiger partial charge is 0.387 e. The third-order valence-corrected chi connectivity index (χ3v) is 4.43. The van der Waals surface area contributed by atoms with Crippen molar-refractivity contribution < 1.29 is 22.7 Å². The van der Waals surface area contributed by atoms with Gasteiger partial charge < -0.3 is 10.0 Å². The predicted molar refractivity (Wildman–Crippen MR) is 87.5 cm³/mol. The van der Waals surface area contributed by atoms with Crippen molar-refractivity contribution in [2.45, 2.75) is 31.2 Å². The number of fused-ring (bicyclic) bond motifs is 1. The Morgan fingerprint density at radius 3 is 2.56 bits per heavy atom. The zero-order valence-electron chi connectivity index (χ0n) is 13.9. The summed E-state index contributed by atoms with van der Waals surface area (Å²) in [5.41, 5.74) is -0.595.